The maximum absolute atomic E-state index is 11.3. The SMILES string of the molecule is CC1CCCC1CNc1nc2c(s1)CCCC2C(=O)O. The Balaban J connectivity index is 1.68. The number of nitrogens with one attached hydrogen (secondary N) is 1. The molecule has 3 rings (SSSR count). The molecule has 4 nitrogen and oxygen atoms in total. The predicted molar refractivity (Wildman–Crippen MR) is 80.4 cm³/mol. The van der Waals surface area contributed by atoms with Gasteiger partial charge in [0.1, 0.15) is 5.92 Å². The number of hydrogen-bond acceptors (Lipinski definition) is 4. The van der Waals surface area contributed by atoms with E-state index in [1.54, 1.807) is 11.3 Å². The smallest absolute Gasteiger partial charge is 0.312 e. The van der Waals surface area contributed by atoms with Crippen LogP contribution < -0.4 is 5.32 Å². The Morgan fingerprint density at radius 1 is 1.40 bits per heavy atom. The Kier molecular flexibility index (Phi) is 3.96. The van der Waals surface area contributed by atoms with Crippen LogP contribution >= 0.6 is 11.3 Å². The van der Waals surface area contributed by atoms with Gasteiger partial charge in [-0.25, -0.2) is 4.98 Å². The highest BCUT2D eigenvalue weighted by molar-refractivity contribution is 7.15. The van der Waals surface area contributed by atoms with Gasteiger partial charge in [-0.3, -0.25) is 4.79 Å². The number of nitrogens with zero attached hydrogens (tertiary/aromatic N) is 1. The van der Waals surface area contributed by atoms with Crippen LogP contribution in [0.4, 0.5) is 5.13 Å². The Morgan fingerprint density at radius 2 is 2.25 bits per heavy atom. The van der Waals surface area contributed by atoms with E-state index in [1.807, 2.05) is 0 Å². The number of rotatable bonds is 4. The van der Waals surface area contributed by atoms with Crippen molar-refractivity contribution in [1.82, 2.24) is 4.98 Å². The van der Waals surface area contributed by atoms with E-state index in [-0.39, 0.29) is 0 Å². The van der Waals surface area contributed by atoms with Gasteiger partial charge in [-0.1, -0.05) is 19.8 Å². The quantitative estimate of drug-likeness (QED) is 0.892. The Morgan fingerprint density at radius 3 is 2.95 bits per heavy atom. The number of carboxylic acid groups (broad SMARTS) is 1. The molecule has 1 aromatic rings. The van der Waals surface area contributed by atoms with Gasteiger partial charge >= 0.3 is 5.97 Å². The monoisotopic (exact) mass is 294 g/mol. The van der Waals surface area contributed by atoms with Crippen molar-refractivity contribution < 1.29 is 9.90 Å². The maximum atomic E-state index is 11.3. The van der Waals surface area contributed by atoms with Crippen LogP contribution in [0.5, 0.6) is 0 Å². The lowest BCUT2D eigenvalue weighted by Gasteiger charge is -2.16. The first-order chi connectivity index (χ1) is 9.65. The van der Waals surface area contributed by atoms with Crippen molar-refractivity contribution in [2.24, 2.45) is 11.8 Å². The van der Waals surface area contributed by atoms with E-state index in [1.165, 1.54) is 24.1 Å². The number of carboxylic acids is 1. The van der Waals surface area contributed by atoms with Crippen LogP contribution in [0.3, 0.4) is 0 Å². The molecular formula is C15H22N2O2S. The number of carbonyl (C=O) groups is 1. The fourth-order valence-electron chi connectivity index (χ4n) is 3.48. The summed E-state index contributed by atoms with van der Waals surface area (Å²) in [5.41, 5.74) is 0.815. The molecule has 0 aromatic carbocycles. The van der Waals surface area contributed by atoms with Crippen LogP contribution in [-0.4, -0.2) is 22.6 Å². The van der Waals surface area contributed by atoms with Crippen molar-refractivity contribution in [2.75, 3.05) is 11.9 Å². The molecule has 20 heavy (non-hydrogen) atoms. The summed E-state index contributed by atoms with van der Waals surface area (Å²) in [5, 5.41) is 13.6. The fraction of sp³-hybridized carbons (Fsp3) is 0.733. The highest BCUT2D eigenvalue weighted by Gasteiger charge is 2.30. The standard InChI is InChI=1S/C15H22N2O2S/c1-9-4-2-5-10(9)8-16-15-17-13-11(14(18)19)6-3-7-12(13)20-15/h9-11H,2-8H2,1H3,(H,16,17)(H,18,19). The first-order valence-corrected chi connectivity index (χ1v) is 8.43. The van der Waals surface area contributed by atoms with Crippen molar-refractivity contribution in [3.8, 4) is 0 Å². The van der Waals surface area contributed by atoms with Crippen LogP contribution in [0.25, 0.3) is 0 Å². The molecule has 0 saturated heterocycles. The van der Waals surface area contributed by atoms with Crippen molar-refractivity contribution in [3.05, 3.63) is 10.6 Å². The number of hydrogen-bond donors (Lipinski definition) is 2. The van der Waals surface area contributed by atoms with Gasteiger partial charge in [0, 0.05) is 11.4 Å². The predicted octanol–water partition coefficient (Wildman–Crippen LogP) is 3.50. The van der Waals surface area contributed by atoms with Gasteiger partial charge in [0.15, 0.2) is 5.13 Å². The third-order valence-corrected chi connectivity index (χ3v) is 5.90. The summed E-state index contributed by atoms with van der Waals surface area (Å²) in [7, 11) is 0. The van der Waals surface area contributed by atoms with Gasteiger partial charge in [0.25, 0.3) is 0 Å². The summed E-state index contributed by atoms with van der Waals surface area (Å²) >= 11 is 1.66. The number of anilines is 1. The van der Waals surface area contributed by atoms with E-state index in [2.05, 4.69) is 17.2 Å². The molecule has 1 saturated carbocycles. The molecule has 0 amide bonds. The van der Waals surface area contributed by atoms with E-state index < -0.39 is 11.9 Å². The van der Waals surface area contributed by atoms with Crippen LogP contribution in [0, 0.1) is 11.8 Å². The molecule has 0 spiro atoms. The zero-order chi connectivity index (χ0) is 14.1. The molecule has 1 aromatic heterocycles. The molecular weight excluding hydrogens is 272 g/mol. The lowest BCUT2D eigenvalue weighted by atomic mass is 9.91. The van der Waals surface area contributed by atoms with E-state index >= 15 is 0 Å². The van der Waals surface area contributed by atoms with E-state index in [0.717, 1.165) is 48.5 Å². The summed E-state index contributed by atoms with van der Waals surface area (Å²) in [6.07, 6.45) is 6.65. The van der Waals surface area contributed by atoms with Crippen LogP contribution in [0.1, 0.15) is 55.5 Å². The fourth-order valence-corrected chi connectivity index (χ4v) is 4.55. The summed E-state index contributed by atoms with van der Waals surface area (Å²) in [4.78, 5) is 17.0. The molecule has 3 unspecified atom stereocenters. The topological polar surface area (TPSA) is 62.2 Å². The normalized spacial score (nSPS) is 29.1. The van der Waals surface area contributed by atoms with Gasteiger partial charge in [-0.05, 0) is 37.5 Å². The molecule has 0 radical (unpaired) electrons. The minimum absolute atomic E-state index is 0.393. The Hall–Kier alpha value is -1.10. The molecule has 1 heterocycles. The number of aromatic nitrogens is 1. The third-order valence-electron chi connectivity index (χ3n) is 4.81. The number of fused-ring (bicyclic) bond motifs is 1. The summed E-state index contributed by atoms with van der Waals surface area (Å²) < 4.78 is 0. The minimum Gasteiger partial charge on any atom is -0.481 e. The van der Waals surface area contributed by atoms with Crippen molar-refractivity contribution in [3.63, 3.8) is 0 Å². The molecule has 2 N–H and O–H groups in total. The molecule has 1 fully saturated rings. The highest BCUT2D eigenvalue weighted by Crippen LogP contribution is 2.37. The van der Waals surface area contributed by atoms with Crippen LogP contribution in [-0.2, 0) is 11.2 Å². The van der Waals surface area contributed by atoms with Gasteiger partial charge in [-0.2, -0.15) is 0 Å². The maximum Gasteiger partial charge on any atom is 0.312 e. The second-order valence-electron chi connectivity index (χ2n) is 6.16. The summed E-state index contributed by atoms with van der Waals surface area (Å²) in [5.74, 6) is 0.415. The highest BCUT2D eigenvalue weighted by atomic mass is 32.1. The zero-order valence-corrected chi connectivity index (χ0v) is 12.7. The minimum atomic E-state index is -0.729. The third kappa shape index (κ3) is 2.68. The van der Waals surface area contributed by atoms with Gasteiger partial charge in [0.2, 0.25) is 0 Å². The average molecular weight is 294 g/mol. The van der Waals surface area contributed by atoms with Crippen molar-refractivity contribution >= 4 is 22.4 Å². The first-order valence-electron chi connectivity index (χ1n) is 7.61. The van der Waals surface area contributed by atoms with Gasteiger partial charge in [-0.15, -0.1) is 11.3 Å². The van der Waals surface area contributed by atoms with Crippen molar-refractivity contribution in [2.45, 2.75) is 51.4 Å². The Bertz CT molecular complexity index is 500. The average Bonchev–Trinajstić information content (AvgIpc) is 3.01. The molecule has 2 aliphatic carbocycles. The van der Waals surface area contributed by atoms with Gasteiger partial charge in [0.05, 0.1) is 5.69 Å². The second-order valence-corrected chi connectivity index (χ2v) is 7.24. The molecule has 0 aliphatic heterocycles. The lowest BCUT2D eigenvalue weighted by Crippen LogP contribution is -2.18. The van der Waals surface area contributed by atoms with E-state index in [9.17, 15) is 9.90 Å². The van der Waals surface area contributed by atoms with Crippen LogP contribution in [0.2, 0.25) is 0 Å². The molecule has 2 aliphatic rings. The first kappa shape index (κ1) is 13.9. The molecule has 110 valence electrons. The second kappa shape index (κ2) is 5.72. The van der Waals surface area contributed by atoms with Crippen LogP contribution in [0.15, 0.2) is 0 Å². The van der Waals surface area contributed by atoms with Crippen molar-refractivity contribution in [1.29, 1.82) is 0 Å². The number of aryl methyl sites for hydroxylation is 1. The van der Waals surface area contributed by atoms with E-state index in [0.29, 0.717) is 0 Å². The van der Waals surface area contributed by atoms with Gasteiger partial charge < -0.3 is 10.4 Å². The summed E-state index contributed by atoms with van der Waals surface area (Å²) in [6, 6.07) is 0. The lowest BCUT2D eigenvalue weighted by molar-refractivity contribution is -0.139. The largest absolute Gasteiger partial charge is 0.481 e. The number of aliphatic carboxylic acids is 1. The summed E-state index contributed by atoms with van der Waals surface area (Å²) in [6.45, 7) is 3.30. The van der Waals surface area contributed by atoms with E-state index in [4.69, 9.17) is 0 Å². The molecule has 0 bridgehead atoms. The molecule has 3 atom stereocenters. The zero-order valence-electron chi connectivity index (χ0n) is 11.9. The molecule has 5 heteroatoms. The number of thiazole rings is 1. The Labute approximate surface area is 123 Å².